The molecule has 0 aromatic heterocycles. The van der Waals surface area contributed by atoms with Gasteiger partial charge in [0, 0.05) is 6.42 Å². The highest BCUT2D eigenvalue weighted by Gasteiger charge is 2.50. The number of alkyl carbamates (subject to hydrolysis) is 1. The summed E-state index contributed by atoms with van der Waals surface area (Å²) in [6, 6.07) is 8.36. The number of ether oxygens (including phenoxy) is 2. The van der Waals surface area contributed by atoms with Gasteiger partial charge in [-0.3, -0.25) is 0 Å². The summed E-state index contributed by atoms with van der Waals surface area (Å²) in [4.78, 5) is 29.4. The van der Waals surface area contributed by atoms with Crippen molar-refractivity contribution in [3.8, 4) is 5.75 Å². The maximum absolute atomic E-state index is 12.2. The number of carbonyl (C=O) groups excluding carboxylic acids is 1. The molecule has 1 aromatic carbocycles. The average Bonchev–Trinajstić information content (AvgIpc) is 3.02. The fourth-order valence-electron chi connectivity index (χ4n) is 2.71. The Morgan fingerprint density at radius 1 is 1.29 bits per heavy atom. The summed E-state index contributed by atoms with van der Waals surface area (Å²) >= 11 is 0. The molecular formula is C20H28N2O6. The normalized spacial score (nSPS) is 20.1. The SMILES string of the molecule is CC(C)[C@H](NC(=O)OC(C)(C)C)C1=NOC(COc2ccccc2)(C(=O)O)C1. The Morgan fingerprint density at radius 2 is 1.93 bits per heavy atom. The van der Waals surface area contributed by atoms with Crippen LogP contribution in [0.2, 0.25) is 0 Å². The topological polar surface area (TPSA) is 106 Å². The number of amides is 1. The van der Waals surface area contributed by atoms with Gasteiger partial charge in [-0.05, 0) is 38.8 Å². The van der Waals surface area contributed by atoms with Crippen molar-refractivity contribution in [2.45, 2.75) is 58.3 Å². The molecule has 1 unspecified atom stereocenters. The summed E-state index contributed by atoms with van der Waals surface area (Å²) in [7, 11) is 0. The Balaban J connectivity index is 2.08. The van der Waals surface area contributed by atoms with Gasteiger partial charge in [0.05, 0.1) is 11.8 Å². The summed E-state index contributed by atoms with van der Waals surface area (Å²) in [5, 5.41) is 16.5. The van der Waals surface area contributed by atoms with Crippen molar-refractivity contribution in [3.05, 3.63) is 30.3 Å². The molecule has 1 amide bonds. The van der Waals surface area contributed by atoms with E-state index in [-0.39, 0.29) is 18.9 Å². The van der Waals surface area contributed by atoms with Crippen molar-refractivity contribution >= 4 is 17.8 Å². The minimum Gasteiger partial charge on any atom is -0.489 e. The Bertz CT molecular complexity index is 726. The maximum Gasteiger partial charge on any atom is 0.408 e. The van der Waals surface area contributed by atoms with Crippen LogP contribution in [0.1, 0.15) is 41.0 Å². The summed E-state index contributed by atoms with van der Waals surface area (Å²) in [6.07, 6.45) is -0.601. The van der Waals surface area contributed by atoms with Crippen LogP contribution in [0.3, 0.4) is 0 Å². The van der Waals surface area contributed by atoms with Gasteiger partial charge in [-0.2, -0.15) is 0 Å². The lowest BCUT2D eigenvalue weighted by Crippen LogP contribution is -2.49. The van der Waals surface area contributed by atoms with Crippen LogP contribution in [-0.2, 0) is 14.4 Å². The van der Waals surface area contributed by atoms with Crippen molar-refractivity contribution in [2.75, 3.05) is 6.61 Å². The molecule has 0 saturated carbocycles. The summed E-state index contributed by atoms with van der Waals surface area (Å²) in [5.74, 6) is -0.691. The number of para-hydroxylation sites is 1. The molecule has 1 heterocycles. The third-order valence-electron chi connectivity index (χ3n) is 4.11. The number of carboxylic acid groups (broad SMARTS) is 1. The summed E-state index contributed by atoms with van der Waals surface area (Å²) < 4.78 is 10.9. The van der Waals surface area contributed by atoms with E-state index in [4.69, 9.17) is 14.3 Å². The number of aliphatic carboxylic acids is 1. The first-order valence-electron chi connectivity index (χ1n) is 9.18. The van der Waals surface area contributed by atoms with E-state index in [1.807, 2.05) is 19.9 Å². The Labute approximate surface area is 164 Å². The number of hydrogen-bond acceptors (Lipinski definition) is 6. The van der Waals surface area contributed by atoms with Crippen LogP contribution in [0.25, 0.3) is 0 Å². The van der Waals surface area contributed by atoms with E-state index in [9.17, 15) is 14.7 Å². The molecule has 8 heteroatoms. The van der Waals surface area contributed by atoms with Gasteiger partial charge >= 0.3 is 12.1 Å². The third kappa shape index (κ3) is 5.61. The zero-order valence-corrected chi connectivity index (χ0v) is 16.9. The Kier molecular flexibility index (Phi) is 6.53. The zero-order valence-electron chi connectivity index (χ0n) is 16.9. The third-order valence-corrected chi connectivity index (χ3v) is 4.11. The smallest absolute Gasteiger partial charge is 0.408 e. The molecular weight excluding hydrogens is 364 g/mol. The number of oxime groups is 1. The first-order chi connectivity index (χ1) is 13.0. The van der Waals surface area contributed by atoms with Crippen molar-refractivity contribution in [2.24, 2.45) is 11.1 Å². The highest BCUT2D eigenvalue weighted by atomic mass is 16.7. The van der Waals surface area contributed by atoms with E-state index >= 15 is 0 Å². The van der Waals surface area contributed by atoms with E-state index in [1.165, 1.54) is 0 Å². The van der Waals surface area contributed by atoms with Gasteiger partial charge in [-0.25, -0.2) is 9.59 Å². The van der Waals surface area contributed by atoms with Crippen LogP contribution in [0, 0.1) is 5.92 Å². The second kappa shape index (κ2) is 8.50. The number of hydrogen-bond donors (Lipinski definition) is 2. The zero-order chi connectivity index (χ0) is 20.9. The molecule has 8 nitrogen and oxygen atoms in total. The van der Waals surface area contributed by atoms with E-state index in [0.29, 0.717) is 11.5 Å². The van der Waals surface area contributed by atoms with Gasteiger partial charge in [0.1, 0.15) is 18.0 Å². The van der Waals surface area contributed by atoms with E-state index in [1.54, 1.807) is 45.0 Å². The molecule has 1 aliphatic rings. The van der Waals surface area contributed by atoms with Gasteiger partial charge in [-0.15, -0.1) is 0 Å². The second-order valence-electron chi connectivity index (χ2n) is 8.12. The van der Waals surface area contributed by atoms with Crippen molar-refractivity contribution in [1.82, 2.24) is 5.32 Å². The monoisotopic (exact) mass is 392 g/mol. The molecule has 2 rings (SSSR count). The molecule has 28 heavy (non-hydrogen) atoms. The number of carboxylic acids is 1. The lowest BCUT2D eigenvalue weighted by molar-refractivity contribution is -0.166. The van der Waals surface area contributed by atoms with E-state index < -0.39 is 29.3 Å². The van der Waals surface area contributed by atoms with Gasteiger partial charge in [0.2, 0.25) is 0 Å². The molecule has 0 aliphatic carbocycles. The van der Waals surface area contributed by atoms with Crippen LogP contribution in [0.5, 0.6) is 5.75 Å². The molecule has 0 bridgehead atoms. The fourth-order valence-corrected chi connectivity index (χ4v) is 2.71. The highest BCUT2D eigenvalue weighted by molar-refractivity contribution is 5.98. The van der Waals surface area contributed by atoms with Gasteiger partial charge in [0.25, 0.3) is 5.60 Å². The molecule has 2 atom stereocenters. The predicted octanol–water partition coefficient (Wildman–Crippen LogP) is 3.21. The summed E-state index contributed by atoms with van der Waals surface area (Å²) in [5.41, 5.74) is -1.86. The lowest BCUT2D eigenvalue weighted by atomic mass is 9.90. The molecule has 0 saturated heterocycles. The first-order valence-corrected chi connectivity index (χ1v) is 9.18. The highest BCUT2D eigenvalue weighted by Crippen LogP contribution is 2.29. The molecule has 0 spiro atoms. The van der Waals surface area contributed by atoms with Crippen molar-refractivity contribution < 1.29 is 29.0 Å². The predicted molar refractivity (Wildman–Crippen MR) is 103 cm³/mol. The number of nitrogens with one attached hydrogen (secondary N) is 1. The van der Waals surface area contributed by atoms with Crippen LogP contribution in [-0.4, -0.2) is 46.7 Å². The minimum absolute atomic E-state index is 0.00614. The first kappa shape index (κ1) is 21.5. The number of carbonyl (C=O) groups is 2. The van der Waals surface area contributed by atoms with Gasteiger partial charge in [-0.1, -0.05) is 37.2 Å². The number of rotatable bonds is 7. The van der Waals surface area contributed by atoms with Crippen molar-refractivity contribution in [1.29, 1.82) is 0 Å². The quantitative estimate of drug-likeness (QED) is 0.738. The van der Waals surface area contributed by atoms with E-state index in [0.717, 1.165) is 0 Å². The molecule has 154 valence electrons. The number of nitrogens with zero attached hydrogens (tertiary/aromatic N) is 1. The van der Waals surface area contributed by atoms with Crippen LogP contribution in [0.4, 0.5) is 4.79 Å². The molecule has 0 radical (unpaired) electrons. The molecule has 2 N–H and O–H groups in total. The van der Waals surface area contributed by atoms with Gasteiger partial charge < -0.3 is 24.7 Å². The van der Waals surface area contributed by atoms with E-state index in [2.05, 4.69) is 10.5 Å². The molecule has 1 aliphatic heterocycles. The van der Waals surface area contributed by atoms with Gasteiger partial charge in [0.15, 0.2) is 0 Å². The van der Waals surface area contributed by atoms with Crippen LogP contribution < -0.4 is 10.1 Å². The average molecular weight is 392 g/mol. The minimum atomic E-state index is -1.64. The Morgan fingerprint density at radius 3 is 2.46 bits per heavy atom. The maximum atomic E-state index is 12.2. The van der Waals surface area contributed by atoms with Crippen LogP contribution >= 0.6 is 0 Å². The standard InChI is InChI=1S/C20H28N2O6/c1-13(2)16(21-18(25)27-19(3,4)5)15-11-20(17(23)24,28-22-15)12-26-14-9-7-6-8-10-14/h6-10,13,16H,11-12H2,1-5H3,(H,21,25)(H,23,24)/t16-,20?/m0/s1. The lowest BCUT2D eigenvalue weighted by Gasteiger charge is -2.26. The summed E-state index contributed by atoms with van der Waals surface area (Å²) in [6.45, 7) is 8.88. The Hall–Kier alpha value is -2.77. The fraction of sp³-hybridized carbons (Fsp3) is 0.550. The second-order valence-corrected chi connectivity index (χ2v) is 8.12. The van der Waals surface area contributed by atoms with Crippen LogP contribution in [0.15, 0.2) is 35.5 Å². The molecule has 0 fully saturated rings. The molecule has 1 aromatic rings. The van der Waals surface area contributed by atoms with Crippen molar-refractivity contribution in [3.63, 3.8) is 0 Å². The number of benzene rings is 1. The largest absolute Gasteiger partial charge is 0.489 e.